The van der Waals surface area contributed by atoms with Gasteiger partial charge in [-0.3, -0.25) is 4.98 Å². The fourth-order valence-electron chi connectivity index (χ4n) is 4.10. The number of alkyl halides is 2. The number of fused-ring (bicyclic) bond motifs is 1. The summed E-state index contributed by atoms with van der Waals surface area (Å²) in [4.78, 5) is 8.30. The topological polar surface area (TPSA) is 104 Å². The molecule has 0 aliphatic heterocycles. The van der Waals surface area contributed by atoms with Gasteiger partial charge in [-0.2, -0.15) is 9.65 Å². The average Bonchev–Trinajstić information content (AvgIpc) is 3.27. The minimum absolute atomic E-state index is 0.0682. The first-order chi connectivity index (χ1) is 18.2. The first-order valence-corrected chi connectivity index (χ1v) is 12.6. The number of hydrogen-bond donors (Lipinski definition) is 2. The largest absolute Gasteiger partial charge is 0.383 e. The number of nitrogens with one attached hydrogen (secondary N) is 2. The van der Waals surface area contributed by atoms with Crippen molar-refractivity contribution >= 4 is 33.9 Å². The Hall–Kier alpha value is -3.91. The van der Waals surface area contributed by atoms with Gasteiger partial charge in [-0.05, 0) is 30.5 Å². The lowest BCUT2D eigenvalue weighted by Gasteiger charge is -2.23. The van der Waals surface area contributed by atoms with Crippen LogP contribution in [0.4, 0.5) is 24.5 Å². The predicted octanol–water partition coefficient (Wildman–Crippen LogP) is 6.51. The van der Waals surface area contributed by atoms with Crippen LogP contribution < -0.4 is 10.6 Å². The third-order valence-electron chi connectivity index (χ3n) is 5.85. The molecule has 0 amide bonds. The van der Waals surface area contributed by atoms with E-state index in [1.54, 1.807) is 25.1 Å². The summed E-state index contributed by atoms with van der Waals surface area (Å²) < 4.78 is 42.1. The highest BCUT2D eigenvalue weighted by Crippen LogP contribution is 2.36. The second-order valence-corrected chi connectivity index (χ2v) is 11.1. The van der Waals surface area contributed by atoms with E-state index in [4.69, 9.17) is 11.6 Å². The van der Waals surface area contributed by atoms with E-state index in [1.807, 2.05) is 0 Å². The number of anilines is 2. The van der Waals surface area contributed by atoms with Gasteiger partial charge in [0.1, 0.15) is 18.3 Å². The summed E-state index contributed by atoms with van der Waals surface area (Å²) in [6.07, 6.45) is 2.89. The lowest BCUT2D eigenvalue weighted by atomic mass is 9.96. The van der Waals surface area contributed by atoms with Crippen molar-refractivity contribution in [3.8, 4) is 6.07 Å². The van der Waals surface area contributed by atoms with Crippen molar-refractivity contribution in [2.45, 2.75) is 53.1 Å². The fraction of sp³-hybridized carbons (Fsp3) is 0.370. The molecule has 1 atom stereocenters. The second kappa shape index (κ2) is 10.7. The zero-order valence-corrected chi connectivity index (χ0v) is 22.9. The van der Waals surface area contributed by atoms with Crippen molar-refractivity contribution in [1.82, 2.24) is 25.0 Å². The summed E-state index contributed by atoms with van der Waals surface area (Å²) in [5.41, 5.74) is 3.20. The van der Waals surface area contributed by atoms with Crippen molar-refractivity contribution in [1.29, 1.82) is 5.26 Å². The quantitative estimate of drug-likeness (QED) is 0.238. The highest BCUT2D eigenvalue weighted by Gasteiger charge is 2.26. The van der Waals surface area contributed by atoms with Crippen LogP contribution in [0.1, 0.15) is 56.3 Å². The molecule has 0 aliphatic carbocycles. The van der Waals surface area contributed by atoms with Crippen LogP contribution in [0.25, 0.3) is 10.9 Å². The Morgan fingerprint density at radius 2 is 1.92 bits per heavy atom. The summed E-state index contributed by atoms with van der Waals surface area (Å²) in [7, 11) is 0. The lowest BCUT2D eigenvalue weighted by Crippen LogP contribution is -2.20. The standard InChI is InChI=1S/C27H28ClF3N8/c1-15-18(6-7-22(29)35-15)25(21-12-39(38-37-21)14-27(5,30)31)36-17-8-19-23(34-13-26(2,3)4)16(10-32)11-33-24(19)20(28)9-17/h6-9,11-12,25,36H,13-14H2,1-5H3,(H,33,34)/t25-/m0/s1. The van der Waals surface area contributed by atoms with E-state index >= 15 is 0 Å². The Labute approximate surface area is 229 Å². The molecule has 0 saturated heterocycles. The number of pyridine rings is 2. The number of aromatic nitrogens is 5. The van der Waals surface area contributed by atoms with E-state index in [-0.39, 0.29) is 5.41 Å². The van der Waals surface area contributed by atoms with Crippen LogP contribution in [0, 0.1) is 29.6 Å². The smallest absolute Gasteiger partial charge is 0.264 e. The van der Waals surface area contributed by atoms with Crippen LogP contribution in [0.5, 0.6) is 0 Å². The number of nitrogens with zero attached hydrogens (tertiary/aromatic N) is 6. The average molecular weight is 557 g/mol. The van der Waals surface area contributed by atoms with Crippen molar-refractivity contribution in [3.63, 3.8) is 0 Å². The van der Waals surface area contributed by atoms with E-state index < -0.39 is 24.5 Å². The molecule has 0 spiro atoms. The van der Waals surface area contributed by atoms with Crippen molar-refractivity contribution in [2.75, 3.05) is 17.2 Å². The Kier molecular flexibility index (Phi) is 7.70. The van der Waals surface area contributed by atoms with E-state index in [0.717, 1.165) is 11.6 Å². The Morgan fingerprint density at radius 3 is 2.56 bits per heavy atom. The van der Waals surface area contributed by atoms with Crippen LogP contribution in [0.2, 0.25) is 5.02 Å². The molecular weight excluding hydrogens is 529 g/mol. The molecule has 0 bridgehead atoms. The molecule has 204 valence electrons. The summed E-state index contributed by atoms with van der Waals surface area (Å²) in [5.74, 6) is -3.64. The van der Waals surface area contributed by atoms with Gasteiger partial charge in [0.25, 0.3) is 5.92 Å². The molecule has 3 aromatic heterocycles. The molecule has 39 heavy (non-hydrogen) atoms. The van der Waals surface area contributed by atoms with Crippen molar-refractivity contribution in [2.24, 2.45) is 5.41 Å². The van der Waals surface area contributed by atoms with Gasteiger partial charge < -0.3 is 10.6 Å². The van der Waals surface area contributed by atoms with Gasteiger partial charge in [-0.25, -0.2) is 18.4 Å². The molecule has 1 aromatic carbocycles. The summed E-state index contributed by atoms with van der Waals surface area (Å²) in [6, 6.07) is 7.67. The number of benzene rings is 1. The molecule has 4 aromatic rings. The van der Waals surface area contributed by atoms with Crippen LogP contribution in [-0.4, -0.2) is 37.4 Å². The highest BCUT2D eigenvalue weighted by molar-refractivity contribution is 6.35. The van der Waals surface area contributed by atoms with Crippen LogP contribution in [-0.2, 0) is 6.54 Å². The molecule has 8 nitrogen and oxygen atoms in total. The monoisotopic (exact) mass is 556 g/mol. The Morgan fingerprint density at radius 1 is 1.18 bits per heavy atom. The van der Waals surface area contributed by atoms with Gasteiger partial charge in [0.05, 0.1) is 34.0 Å². The summed E-state index contributed by atoms with van der Waals surface area (Å²) in [5, 5.41) is 25.4. The molecule has 2 N–H and O–H groups in total. The number of halogens is 4. The third kappa shape index (κ3) is 6.75. The summed E-state index contributed by atoms with van der Waals surface area (Å²) in [6.45, 7) is 8.58. The molecule has 0 aliphatic rings. The van der Waals surface area contributed by atoms with Gasteiger partial charge in [0, 0.05) is 42.0 Å². The minimum atomic E-state index is -2.99. The van der Waals surface area contributed by atoms with Gasteiger partial charge in [0.2, 0.25) is 5.95 Å². The minimum Gasteiger partial charge on any atom is -0.383 e. The Balaban J connectivity index is 1.82. The predicted molar refractivity (Wildman–Crippen MR) is 144 cm³/mol. The van der Waals surface area contributed by atoms with Gasteiger partial charge in [-0.15, -0.1) is 5.10 Å². The lowest BCUT2D eigenvalue weighted by molar-refractivity contribution is 0.0000887. The van der Waals surface area contributed by atoms with E-state index in [1.165, 1.54) is 18.5 Å². The van der Waals surface area contributed by atoms with E-state index in [2.05, 4.69) is 57.8 Å². The van der Waals surface area contributed by atoms with Crippen LogP contribution in [0.3, 0.4) is 0 Å². The number of hydrogen-bond acceptors (Lipinski definition) is 7. The molecule has 0 radical (unpaired) electrons. The maximum atomic E-state index is 13.8. The molecule has 0 unspecified atom stereocenters. The van der Waals surface area contributed by atoms with Gasteiger partial charge in [0.15, 0.2) is 0 Å². The SMILES string of the molecule is Cc1nc(F)ccc1[C@H](Nc1cc(Cl)c2ncc(C#N)c(NCC(C)(C)C)c2c1)c1cn(CC(C)(F)F)nn1. The summed E-state index contributed by atoms with van der Waals surface area (Å²) >= 11 is 6.63. The van der Waals surface area contributed by atoms with Crippen LogP contribution in [0.15, 0.2) is 36.7 Å². The number of rotatable bonds is 8. The first kappa shape index (κ1) is 28.1. The molecule has 4 rings (SSSR count). The zero-order valence-electron chi connectivity index (χ0n) is 22.2. The highest BCUT2D eigenvalue weighted by atomic mass is 35.5. The fourth-order valence-corrected chi connectivity index (χ4v) is 4.37. The van der Waals surface area contributed by atoms with Gasteiger partial charge >= 0.3 is 0 Å². The third-order valence-corrected chi connectivity index (χ3v) is 6.14. The van der Waals surface area contributed by atoms with E-state index in [0.29, 0.717) is 56.4 Å². The van der Waals surface area contributed by atoms with Crippen molar-refractivity contribution in [3.05, 3.63) is 70.1 Å². The molecule has 0 fully saturated rings. The van der Waals surface area contributed by atoms with Crippen LogP contribution >= 0.6 is 11.6 Å². The first-order valence-electron chi connectivity index (χ1n) is 12.2. The van der Waals surface area contributed by atoms with E-state index in [9.17, 15) is 18.4 Å². The number of nitriles is 1. The van der Waals surface area contributed by atoms with Crippen molar-refractivity contribution < 1.29 is 13.2 Å². The Bertz CT molecular complexity index is 1550. The molecular formula is C27H28ClF3N8. The zero-order chi connectivity index (χ0) is 28.5. The van der Waals surface area contributed by atoms with Gasteiger partial charge in [-0.1, -0.05) is 43.7 Å². The molecule has 3 heterocycles. The number of aryl methyl sites for hydroxylation is 1. The molecule has 0 saturated carbocycles. The molecule has 12 heteroatoms. The second-order valence-electron chi connectivity index (χ2n) is 10.7. The normalized spacial score (nSPS) is 12.8. The maximum absolute atomic E-state index is 13.8. The maximum Gasteiger partial charge on any atom is 0.264 e.